The molecule has 0 aliphatic carbocycles. The molecule has 8 nitrogen and oxygen atoms in total. The number of fused-ring (bicyclic) bond motifs is 1. The molecule has 4 heterocycles. The van der Waals surface area contributed by atoms with Gasteiger partial charge in [0.25, 0.3) is 0 Å². The highest BCUT2D eigenvalue weighted by atomic mass is 16.3. The fraction of sp³-hybridized carbons (Fsp3) is 0.556. The number of piperidine rings is 1. The molecule has 3 aromatic heterocycles. The molecule has 26 heavy (non-hydrogen) atoms. The summed E-state index contributed by atoms with van der Waals surface area (Å²) in [6.45, 7) is 7.11. The number of aliphatic hydroxyl groups is 1. The lowest BCUT2D eigenvalue weighted by molar-refractivity contribution is 0.172. The number of aliphatic hydroxyl groups excluding tert-OH is 1. The molecule has 0 bridgehead atoms. The summed E-state index contributed by atoms with van der Waals surface area (Å²) in [6.07, 6.45) is 6.58. The lowest BCUT2D eigenvalue weighted by atomic mass is 10.0. The maximum Gasteiger partial charge on any atom is 0.159 e. The van der Waals surface area contributed by atoms with Crippen molar-refractivity contribution in [3.8, 4) is 0 Å². The molecule has 1 aliphatic rings. The molecule has 0 unspecified atom stereocenters. The van der Waals surface area contributed by atoms with Crippen LogP contribution < -0.4 is 0 Å². The number of aromatic nitrogens is 6. The van der Waals surface area contributed by atoms with Crippen molar-refractivity contribution < 1.29 is 5.11 Å². The zero-order valence-electron chi connectivity index (χ0n) is 15.3. The van der Waals surface area contributed by atoms with Gasteiger partial charge in [-0.15, -0.1) is 5.10 Å². The van der Waals surface area contributed by atoms with Crippen LogP contribution in [0.3, 0.4) is 0 Å². The first kappa shape index (κ1) is 17.1. The van der Waals surface area contributed by atoms with Crippen LogP contribution in [0.4, 0.5) is 0 Å². The molecule has 138 valence electrons. The van der Waals surface area contributed by atoms with Crippen LogP contribution in [0.2, 0.25) is 0 Å². The third kappa shape index (κ3) is 3.34. The van der Waals surface area contributed by atoms with Gasteiger partial charge in [-0.1, -0.05) is 5.21 Å². The van der Waals surface area contributed by atoms with Crippen molar-refractivity contribution in [2.24, 2.45) is 0 Å². The van der Waals surface area contributed by atoms with Gasteiger partial charge >= 0.3 is 0 Å². The summed E-state index contributed by atoms with van der Waals surface area (Å²) in [5, 5.41) is 21.9. The molecule has 1 aliphatic heterocycles. The van der Waals surface area contributed by atoms with E-state index >= 15 is 0 Å². The number of hydrogen-bond donors (Lipinski definition) is 1. The van der Waals surface area contributed by atoms with Gasteiger partial charge in [0.15, 0.2) is 5.65 Å². The lowest BCUT2D eigenvalue weighted by Gasteiger charge is -2.31. The number of rotatable bonds is 5. The molecule has 1 saturated heterocycles. The molecule has 0 spiro atoms. The van der Waals surface area contributed by atoms with E-state index in [0.717, 1.165) is 55.2 Å². The molecule has 4 rings (SSSR count). The summed E-state index contributed by atoms with van der Waals surface area (Å²) in [4.78, 5) is 7.13. The largest absolute Gasteiger partial charge is 0.396 e. The Hall–Kier alpha value is -2.32. The van der Waals surface area contributed by atoms with Crippen LogP contribution in [0.15, 0.2) is 18.5 Å². The summed E-state index contributed by atoms with van der Waals surface area (Å²) in [7, 11) is 0. The van der Waals surface area contributed by atoms with Gasteiger partial charge in [0.2, 0.25) is 0 Å². The van der Waals surface area contributed by atoms with E-state index in [1.807, 2.05) is 28.5 Å². The van der Waals surface area contributed by atoms with E-state index in [1.54, 1.807) is 0 Å². The van der Waals surface area contributed by atoms with E-state index in [0.29, 0.717) is 12.5 Å². The molecule has 0 radical (unpaired) electrons. The van der Waals surface area contributed by atoms with E-state index in [-0.39, 0.29) is 6.61 Å². The molecule has 8 heteroatoms. The second kappa shape index (κ2) is 7.13. The van der Waals surface area contributed by atoms with Gasteiger partial charge in [0, 0.05) is 55.8 Å². The molecule has 0 aromatic carbocycles. The predicted molar refractivity (Wildman–Crippen MR) is 96.8 cm³/mol. The first-order valence-corrected chi connectivity index (χ1v) is 9.19. The van der Waals surface area contributed by atoms with E-state index in [4.69, 9.17) is 5.11 Å². The van der Waals surface area contributed by atoms with Crippen molar-refractivity contribution >= 4 is 5.65 Å². The summed E-state index contributed by atoms with van der Waals surface area (Å²) < 4.78 is 3.89. The van der Waals surface area contributed by atoms with E-state index in [9.17, 15) is 0 Å². The average Bonchev–Trinajstić information content (AvgIpc) is 3.24. The van der Waals surface area contributed by atoms with Crippen molar-refractivity contribution in [1.82, 2.24) is 34.5 Å². The number of hydrogen-bond acceptors (Lipinski definition) is 6. The third-order valence-corrected chi connectivity index (χ3v) is 5.10. The van der Waals surface area contributed by atoms with Crippen LogP contribution in [0, 0.1) is 13.8 Å². The smallest absolute Gasteiger partial charge is 0.159 e. The van der Waals surface area contributed by atoms with Gasteiger partial charge in [0.1, 0.15) is 0 Å². The minimum Gasteiger partial charge on any atom is -0.396 e. The first-order valence-electron chi connectivity index (χ1n) is 9.19. The third-order valence-electron chi connectivity index (χ3n) is 5.10. The minimum atomic E-state index is 0.115. The van der Waals surface area contributed by atoms with Gasteiger partial charge in [-0.3, -0.25) is 4.90 Å². The van der Waals surface area contributed by atoms with Crippen molar-refractivity contribution in [1.29, 1.82) is 0 Å². The summed E-state index contributed by atoms with van der Waals surface area (Å²) in [6, 6.07) is 2.44. The molecular weight excluding hydrogens is 330 g/mol. The first-order chi connectivity index (χ1) is 12.6. The van der Waals surface area contributed by atoms with E-state index in [2.05, 4.69) is 38.3 Å². The quantitative estimate of drug-likeness (QED) is 0.743. The Balaban J connectivity index is 1.41. The van der Waals surface area contributed by atoms with Crippen LogP contribution in [0.25, 0.3) is 5.65 Å². The minimum absolute atomic E-state index is 0.115. The summed E-state index contributed by atoms with van der Waals surface area (Å²) in [5.74, 6) is 0. The second-order valence-corrected chi connectivity index (χ2v) is 7.11. The SMILES string of the molecule is Cc1cc(C)n2ncc(CN3CCC(n4cc(CCO)nn4)CC3)c2n1. The number of aryl methyl sites for hydroxylation is 2. The lowest BCUT2D eigenvalue weighted by Crippen LogP contribution is -2.34. The summed E-state index contributed by atoms with van der Waals surface area (Å²) in [5.41, 5.74) is 5.15. The number of nitrogens with zero attached hydrogens (tertiary/aromatic N) is 7. The highest BCUT2D eigenvalue weighted by Gasteiger charge is 2.23. The van der Waals surface area contributed by atoms with Crippen molar-refractivity contribution in [2.45, 2.75) is 45.7 Å². The Morgan fingerprint density at radius 2 is 2.04 bits per heavy atom. The molecule has 3 aromatic rings. The molecular formula is C18H25N7O. The van der Waals surface area contributed by atoms with Crippen molar-refractivity contribution in [3.05, 3.63) is 41.1 Å². The van der Waals surface area contributed by atoms with Crippen LogP contribution in [-0.2, 0) is 13.0 Å². The zero-order chi connectivity index (χ0) is 18.1. The average molecular weight is 355 g/mol. The topological polar surface area (TPSA) is 84.4 Å². The Bertz CT molecular complexity index is 892. The highest BCUT2D eigenvalue weighted by molar-refractivity contribution is 5.47. The fourth-order valence-electron chi connectivity index (χ4n) is 3.73. The Morgan fingerprint density at radius 3 is 2.81 bits per heavy atom. The van der Waals surface area contributed by atoms with Crippen molar-refractivity contribution in [3.63, 3.8) is 0 Å². The Kier molecular flexibility index (Phi) is 4.69. The molecule has 1 N–H and O–H groups in total. The second-order valence-electron chi connectivity index (χ2n) is 7.11. The van der Waals surface area contributed by atoms with Crippen LogP contribution in [-0.4, -0.2) is 59.3 Å². The highest BCUT2D eigenvalue weighted by Crippen LogP contribution is 2.24. The molecule has 1 fully saturated rings. The normalized spacial score (nSPS) is 16.6. The monoisotopic (exact) mass is 355 g/mol. The van der Waals surface area contributed by atoms with E-state index in [1.165, 1.54) is 5.56 Å². The van der Waals surface area contributed by atoms with Gasteiger partial charge in [-0.25, -0.2) is 14.2 Å². The van der Waals surface area contributed by atoms with Gasteiger partial charge < -0.3 is 5.11 Å². The number of likely N-dealkylation sites (tertiary alicyclic amines) is 1. The van der Waals surface area contributed by atoms with E-state index < -0.39 is 0 Å². The molecule has 0 atom stereocenters. The molecule has 0 saturated carbocycles. The maximum absolute atomic E-state index is 9.01. The van der Waals surface area contributed by atoms with Gasteiger partial charge in [0.05, 0.1) is 17.9 Å². The fourth-order valence-corrected chi connectivity index (χ4v) is 3.73. The standard InChI is InChI=1S/C18H25N7O/c1-13-9-14(2)25-18(20-13)15(10-19-25)11-23-6-3-17(4-7-23)24-12-16(5-8-26)21-22-24/h9-10,12,17,26H,3-8,11H2,1-2H3. The maximum atomic E-state index is 9.01. The van der Waals surface area contributed by atoms with Crippen LogP contribution in [0.5, 0.6) is 0 Å². The van der Waals surface area contributed by atoms with Crippen LogP contribution in [0.1, 0.15) is 41.5 Å². The van der Waals surface area contributed by atoms with Gasteiger partial charge in [-0.2, -0.15) is 5.10 Å². The zero-order valence-corrected chi connectivity index (χ0v) is 15.3. The van der Waals surface area contributed by atoms with Crippen LogP contribution >= 0.6 is 0 Å². The predicted octanol–water partition coefficient (Wildman–Crippen LogP) is 1.31. The van der Waals surface area contributed by atoms with Crippen molar-refractivity contribution in [2.75, 3.05) is 19.7 Å². The Morgan fingerprint density at radius 1 is 1.23 bits per heavy atom. The summed E-state index contributed by atoms with van der Waals surface area (Å²) >= 11 is 0. The van der Waals surface area contributed by atoms with Gasteiger partial charge in [-0.05, 0) is 32.8 Å². The molecule has 0 amide bonds. The Labute approximate surface area is 152 Å².